The molecule has 4 unspecified atom stereocenters. The van der Waals surface area contributed by atoms with E-state index in [1.54, 1.807) is 0 Å². The zero-order valence-corrected chi connectivity index (χ0v) is 49.6. The van der Waals surface area contributed by atoms with Crippen LogP contribution in [0.4, 0.5) is 0 Å². The third kappa shape index (κ3) is 55.0. The van der Waals surface area contributed by atoms with Gasteiger partial charge in [-0.25, -0.2) is 0 Å². The fourth-order valence-corrected chi connectivity index (χ4v) is 10.3. The van der Waals surface area contributed by atoms with Crippen molar-refractivity contribution in [1.29, 1.82) is 0 Å². The van der Waals surface area contributed by atoms with Gasteiger partial charge >= 0.3 is 0 Å². The lowest BCUT2D eigenvalue weighted by molar-refractivity contribution is -0.132. The first-order valence-electron chi connectivity index (χ1n) is 33.0. The molecule has 4 atom stereocenters. The Bertz CT molecular complexity index is 1210. The molecule has 0 aromatic heterocycles. The zero-order chi connectivity index (χ0) is 53.7. The van der Waals surface area contributed by atoms with E-state index in [1.807, 2.05) is 0 Å². The number of hydrogen-bond acceptors (Lipinski definition) is 5. The molecular formula is C68H129NO5. The molecule has 6 nitrogen and oxygen atoms in total. The average Bonchev–Trinajstić information content (AvgIpc) is 3.41. The highest BCUT2D eigenvalue weighted by Gasteiger charge is 2.28. The van der Waals surface area contributed by atoms with E-state index in [4.69, 9.17) is 0 Å². The number of rotatable bonds is 61. The second kappa shape index (κ2) is 62.1. The molecule has 436 valence electrons. The lowest BCUT2D eigenvalue weighted by Gasteiger charge is -2.27. The smallest absolute Gasteiger partial charge is 0.249 e. The van der Waals surface area contributed by atoms with Crippen LogP contribution < -0.4 is 5.32 Å². The van der Waals surface area contributed by atoms with E-state index in [1.165, 1.54) is 270 Å². The van der Waals surface area contributed by atoms with Crippen LogP contribution in [0.2, 0.25) is 0 Å². The Hall–Kier alpha value is -1.73. The Kier molecular flexibility index (Phi) is 60.7. The molecule has 0 aliphatic rings. The largest absolute Gasteiger partial charge is 0.394 e. The van der Waals surface area contributed by atoms with E-state index in [2.05, 4.69) is 67.8 Å². The van der Waals surface area contributed by atoms with Gasteiger partial charge in [-0.15, -0.1) is 0 Å². The summed E-state index contributed by atoms with van der Waals surface area (Å²) in [5, 5.41) is 44.1. The van der Waals surface area contributed by atoms with Gasteiger partial charge in [0.2, 0.25) is 5.91 Å². The van der Waals surface area contributed by atoms with Gasteiger partial charge in [0.25, 0.3) is 0 Å². The van der Waals surface area contributed by atoms with Crippen molar-refractivity contribution < 1.29 is 25.2 Å². The number of hydrogen-bond donors (Lipinski definition) is 5. The summed E-state index contributed by atoms with van der Waals surface area (Å²) < 4.78 is 0. The fourth-order valence-electron chi connectivity index (χ4n) is 10.3. The number of unbranched alkanes of at least 4 members (excludes halogenated alkanes) is 44. The Labute approximate surface area is 461 Å². The lowest BCUT2D eigenvalue weighted by atomic mass is 10.00. The summed E-state index contributed by atoms with van der Waals surface area (Å²) in [5.41, 5.74) is 0. The van der Waals surface area contributed by atoms with Crippen molar-refractivity contribution in [2.75, 3.05) is 6.61 Å². The number of aliphatic hydroxyl groups excluding tert-OH is 4. The van der Waals surface area contributed by atoms with Gasteiger partial charge in [0.05, 0.1) is 18.8 Å². The van der Waals surface area contributed by atoms with Crippen LogP contribution in [0.15, 0.2) is 48.6 Å². The molecule has 74 heavy (non-hydrogen) atoms. The molecule has 1 amide bonds. The van der Waals surface area contributed by atoms with Gasteiger partial charge in [-0.3, -0.25) is 4.79 Å². The molecule has 0 aliphatic carbocycles. The number of amides is 1. The number of carbonyl (C=O) groups excluding carboxylic acids is 1. The fraction of sp³-hybridized carbons (Fsp3) is 0.868. The molecule has 0 saturated heterocycles. The average molecular weight is 1040 g/mol. The third-order valence-corrected chi connectivity index (χ3v) is 15.5. The summed E-state index contributed by atoms with van der Waals surface area (Å²) in [7, 11) is 0. The van der Waals surface area contributed by atoms with Crippen LogP contribution in [0, 0.1) is 0 Å². The van der Waals surface area contributed by atoms with E-state index in [-0.39, 0.29) is 0 Å². The summed E-state index contributed by atoms with van der Waals surface area (Å²) in [6.45, 7) is 4.08. The molecule has 0 aromatic rings. The van der Waals surface area contributed by atoms with Crippen LogP contribution in [0.5, 0.6) is 0 Å². The molecule has 0 aliphatic heterocycles. The molecule has 0 radical (unpaired) electrons. The second-order valence-electron chi connectivity index (χ2n) is 22.8. The first kappa shape index (κ1) is 72.3. The number of carbonyl (C=O) groups is 1. The van der Waals surface area contributed by atoms with Crippen molar-refractivity contribution in [3.8, 4) is 0 Å². The van der Waals surface area contributed by atoms with Crippen molar-refractivity contribution in [1.82, 2.24) is 5.32 Å². The summed E-state index contributed by atoms with van der Waals surface area (Å²) in [6.07, 6.45) is 80.8. The van der Waals surface area contributed by atoms with Crippen LogP contribution in [0.1, 0.15) is 348 Å². The van der Waals surface area contributed by atoms with Crippen molar-refractivity contribution in [2.45, 2.75) is 372 Å². The molecule has 0 fully saturated rings. The topological polar surface area (TPSA) is 110 Å². The molecule has 0 aromatic carbocycles. The van der Waals surface area contributed by atoms with E-state index < -0.39 is 36.9 Å². The summed E-state index contributed by atoms with van der Waals surface area (Å²) in [4.78, 5) is 12.6. The van der Waals surface area contributed by atoms with Crippen LogP contribution >= 0.6 is 0 Å². The molecule has 0 bridgehead atoms. The maximum atomic E-state index is 12.6. The highest BCUT2D eigenvalue weighted by atomic mass is 16.3. The van der Waals surface area contributed by atoms with Crippen LogP contribution in [0.3, 0.4) is 0 Å². The van der Waals surface area contributed by atoms with E-state index in [0.717, 1.165) is 44.9 Å². The van der Waals surface area contributed by atoms with Gasteiger partial charge < -0.3 is 25.7 Å². The van der Waals surface area contributed by atoms with Gasteiger partial charge in [0.1, 0.15) is 12.2 Å². The number of nitrogens with one attached hydrogen (secondary N) is 1. The third-order valence-electron chi connectivity index (χ3n) is 15.5. The summed E-state index contributed by atoms with van der Waals surface area (Å²) in [5.74, 6) is -0.594. The highest BCUT2D eigenvalue weighted by Crippen LogP contribution is 2.18. The highest BCUT2D eigenvalue weighted by molar-refractivity contribution is 5.80. The number of aliphatic hydroxyl groups is 4. The first-order chi connectivity index (χ1) is 36.5. The maximum Gasteiger partial charge on any atom is 0.249 e. The van der Waals surface area contributed by atoms with Gasteiger partial charge in [-0.05, 0) is 83.5 Å². The van der Waals surface area contributed by atoms with E-state index in [0.29, 0.717) is 19.3 Å². The van der Waals surface area contributed by atoms with Crippen LogP contribution in [0.25, 0.3) is 0 Å². The standard InChI is InChI=1S/C68H129NO5/c1-3-5-7-9-11-13-15-17-19-21-23-25-27-29-30-31-32-33-34-35-36-37-38-40-42-44-46-48-50-52-54-56-58-60-62-66(72)68(74)69-64(63-70)67(73)65(71)61-59-57-55-53-51-49-47-45-43-41-39-28-26-24-22-20-18-16-14-12-10-8-6-4-2/h27,29,31-32,45,47,53,55,64-67,70-73H,3-26,28,30,33-44,46,48-52,54,56-63H2,1-2H3,(H,69,74)/b29-27-,32-31-,47-45+,55-53+. The van der Waals surface area contributed by atoms with Crippen molar-refractivity contribution in [3.05, 3.63) is 48.6 Å². The minimum absolute atomic E-state index is 0.360. The Morgan fingerprint density at radius 3 is 0.932 bits per heavy atom. The normalized spacial score (nSPS) is 13.9. The molecule has 0 spiro atoms. The molecular weight excluding hydrogens is 911 g/mol. The Morgan fingerprint density at radius 1 is 0.338 bits per heavy atom. The van der Waals surface area contributed by atoms with Gasteiger partial charge in [0.15, 0.2) is 0 Å². The predicted molar refractivity (Wildman–Crippen MR) is 325 cm³/mol. The van der Waals surface area contributed by atoms with Crippen molar-refractivity contribution in [3.63, 3.8) is 0 Å². The minimum atomic E-state index is -1.29. The monoisotopic (exact) mass is 1040 g/mol. The lowest BCUT2D eigenvalue weighted by Crippen LogP contribution is -2.53. The molecule has 0 rings (SSSR count). The van der Waals surface area contributed by atoms with Crippen molar-refractivity contribution in [2.24, 2.45) is 0 Å². The molecule has 5 N–H and O–H groups in total. The maximum absolute atomic E-state index is 12.6. The summed E-state index contributed by atoms with van der Waals surface area (Å²) in [6, 6.07) is -1.01. The predicted octanol–water partition coefficient (Wildman–Crippen LogP) is 20.1. The van der Waals surface area contributed by atoms with E-state index in [9.17, 15) is 25.2 Å². The van der Waals surface area contributed by atoms with Gasteiger partial charge in [0, 0.05) is 0 Å². The molecule has 6 heteroatoms. The quantitative estimate of drug-likeness (QED) is 0.0308. The molecule has 0 heterocycles. The Morgan fingerprint density at radius 2 is 0.608 bits per heavy atom. The second-order valence-corrected chi connectivity index (χ2v) is 22.8. The Balaban J connectivity index is 3.61. The minimum Gasteiger partial charge on any atom is -0.394 e. The number of allylic oxidation sites excluding steroid dienone is 8. The SMILES string of the molecule is CCCCCCCCCCCCC/C=C\C/C=C\CCCCCCCCCCCCCCCCCCC(O)C(=O)NC(CO)C(O)C(O)CCC/C=C/CC/C=C/CCCCCCCCCCCCCCCCC. The van der Waals surface area contributed by atoms with Gasteiger partial charge in [-0.1, -0.05) is 313 Å². The molecule has 0 saturated carbocycles. The summed E-state index contributed by atoms with van der Waals surface area (Å²) >= 11 is 0. The van der Waals surface area contributed by atoms with Crippen LogP contribution in [-0.2, 0) is 4.79 Å². The first-order valence-corrected chi connectivity index (χ1v) is 33.0. The van der Waals surface area contributed by atoms with Crippen molar-refractivity contribution >= 4 is 5.91 Å². The van der Waals surface area contributed by atoms with Gasteiger partial charge in [-0.2, -0.15) is 0 Å². The van der Waals surface area contributed by atoms with Crippen LogP contribution in [-0.4, -0.2) is 57.3 Å². The van der Waals surface area contributed by atoms with E-state index >= 15 is 0 Å². The zero-order valence-electron chi connectivity index (χ0n) is 49.6.